The highest BCUT2D eigenvalue weighted by Crippen LogP contribution is 2.16. The van der Waals surface area contributed by atoms with E-state index in [-0.39, 0.29) is 5.78 Å². The molecule has 1 fully saturated rings. The topological polar surface area (TPSA) is 60.8 Å². The molecule has 1 rings (SSSR count). The van der Waals surface area contributed by atoms with Crippen molar-refractivity contribution >= 4 is 5.78 Å². The summed E-state index contributed by atoms with van der Waals surface area (Å²) in [5, 5.41) is 18.4. The summed E-state index contributed by atoms with van der Waals surface area (Å²) in [6.45, 7) is 5.79. The Kier molecular flexibility index (Phi) is 5.13. The molecule has 0 amide bonds. The van der Waals surface area contributed by atoms with Crippen LogP contribution in [0, 0.1) is 0 Å². The number of aliphatic hydroxyl groups is 2. The van der Waals surface area contributed by atoms with E-state index in [1.807, 2.05) is 13.8 Å². The SMILES string of the molecule is CC.CC(=O)C1C(O)C(O)CN1C. The first kappa shape index (κ1) is 12.6. The average molecular weight is 189 g/mol. The molecule has 3 atom stereocenters. The van der Waals surface area contributed by atoms with Gasteiger partial charge in [-0.05, 0) is 14.0 Å². The molecule has 0 saturated carbocycles. The van der Waals surface area contributed by atoms with Gasteiger partial charge in [0.1, 0.15) is 11.9 Å². The number of likely N-dealkylation sites (N-methyl/N-ethyl adjacent to an activating group) is 1. The van der Waals surface area contributed by atoms with E-state index in [4.69, 9.17) is 5.11 Å². The Hall–Kier alpha value is -0.450. The van der Waals surface area contributed by atoms with Crippen molar-refractivity contribution in [2.24, 2.45) is 0 Å². The summed E-state index contributed by atoms with van der Waals surface area (Å²) in [5.41, 5.74) is 0. The molecule has 0 aliphatic carbocycles. The Balaban J connectivity index is 0.000000671. The highest BCUT2D eigenvalue weighted by Gasteiger charge is 2.40. The molecule has 13 heavy (non-hydrogen) atoms. The molecule has 0 aromatic rings. The van der Waals surface area contributed by atoms with E-state index < -0.39 is 18.2 Å². The zero-order valence-electron chi connectivity index (χ0n) is 8.69. The van der Waals surface area contributed by atoms with Crippen LogP contribution in [0.3, 0.4) is 0 Å². The van der Waals surface area contributed by atoms with Crippen LogP contribution in [0.2, 0.25) is 0 Å². The second-order valence-electron chi connectivity index (χ2n) is 3.05. The maximum atomic E-state index is 10.9. The first-order chi connectivity index (χ1) is 6.04. The van der Waals surface area contributed by atoms with Crippen LogP contribution in [0.4, 0.5) is 0 Å². The van der Waals surface area contributed by atoms with Crippen LogP contribution in [-0.2, 0) is 4.79 Å². The van der Waals surface area contributed by atoms with Crippen molar-refractivity contribution in [2.45, 2.75) is 39.0 Å². The molecule has 1 heterocycles. The van der Waals surface area contributed by atoms with E-state index >= 15 is 0 Å². The third kappa shape index (κ3) is 2.76. The highest BCUT2D eigenvalue weighted by atomic mass is 16.3. The van der Waals surface area contributed by atoms with Gasteiger partial charge in [0, 0.05) is 6.54 Å². The lowest BCUT2D eigenvalue weighted by Crippen LogP contribution is -2.39. The number of ketones is 1. The average Bonchev–Trinajstić information content (AvgIpc) is 2.30. The molecule has 1 saturated heterocycles. The van der Waals surface area contributed by atoms with Crippen LogP contribution in [0.15, 0.2) is 0 Å². The van der Waals surface area contributed by atoms with Crippen LogP contribution < -0.4 is 0 Å². The number of carbonyl (C=O) groups excluding carboxylic acids is 1. The van der Waals surface area contributed by atoms with Gasteiger partial charge in [0.15, 0.2) is 0 Å². The largest absolute Gasteiger partial charge is 0.389 e. The molecule has 0 radical (unpaired) electrons. The minimum atomic E-state index is -0.919. The minimum absolute atomic E-state index is 0.100. The fourth-order valence-corrected chi connectivity index (χ4v) is 1.54. The van der Waals surface area contributed by atoms with Gasteiger partial charge in [-0.1, -0.05) is 13.8 Å². The summed E-state index contributed by atoms with van der Waals surface area (Å²) in [6.07, 6.45) is -1.70. The lowest BCUT2D eigenvalue weighted by Gasteiger charge is -2.17. The van der Waals surface area contributed by atoms with Gasteiger partial charge in [0.2, 0.25) is 0 Å². The second-order valence-corrected chi connectivity index (χ2v) is 3.05. The Morgan fingerprint density at radius 2 is 1.85 bits per heavy atom. The van der Waals surface area contributed by atoms with Crippen molar-refractivity contribution in [1.82, 2.24) is 4.90 Å². The third-order valence-electron chi connectivity index (χ3n) is 2.08. The van der Waals surface area contributed by atoms with Crippen molar-refractivity contribution < 1.29 is 15.0 Å². The first-order valence-corrected chi connectivity index (χ1v) is 4.61. The molecule has 4 nitrogen and oxygen atoms in total. The van der Waals surface area contributed by atoms with Gasteiger partial charge in [-0.3, -0.25) is 9.69 Å². The standard InChI is InChI=1S/C7H13NO3.C2H6/c1-4(9)6-7(11)5(10)3-8(6)2;1-2/h5-7,10-11H,3H2,1-2H3;1-2H3. The Labute approximate surface area is 79.2 Å². The molecule has 0 aromatic carbocycles. The molecule has 1 aliphatic rings. The zero-order valence-corrected chi connectivity index (χ0v) is 8.69. The van der Waals surface area contributed by atoms with Crippen LogP contribution in [0.1, 0.15) is 20.8 Å². The fraction of sp³-hybridized carbons (Fsp3) is 0.889. The van der Waals surface area contributed by atoms with Crippen LogP contribution >= 0.6 is 0 Å². The molecule has 4 heteroatoms. The maximum Gasteiger partial charge on any atom is 0.149 e. The van der Waals surface area contributed by atoms with Gasteiger partial charge in [-0.15, -0.1) is 0 Å². The predicted molar refractivity (Wildman–Crippen MR) is 50.5 cm³/mol. The maximum absolute atomic E-state index is 10.9. The molecule has 3 unspecified atom stereocenters. The van der Waals surface area contributed by atoms with Crippen molar-refractivity contribution in [2.75, 3.05) is 13.6 Å². The van der Waals surface area contributed by atoms with Gasteiger partial charge in [-0.2, -0.15) is 0 Å². The van der Waals surface area contributed by atoms with Crippen molar-refractivity contribution in [3.8, 4) is 0 Å². The molecule has 2 N–H and O–H groups in total. The zero-order chi connectivity index (χ0) is 10.6. The van der Waals surface area contributed by atoms with Gasteiger partial charge in [0.05, 0.1) is 12.1 Å². The molecular weight excluding hydrogens is 170 g/mol. The summed E-state index contributed by atoms with van der Waals surface area (Å²) >= 11 is 0. The van der Waals surface area contributed by atoms with Crippen LogP contribution in [0.25, 0.3) is 0 Å². The summed E-state index contributed by atoms with van der Waals surface area (Å²) in [4.78, 5) is 12.6. The number of Topliss-reactive ketones (excluding diaryl/α,β-unsaturated/α-hetero) is 1. The number of likely N-dealkylation sites (tertiary alicyclic amines) is 1. The molecule has 1 aliphatic heterocycles. The smallest absolute Gasteiger partial charge is 0.149 e. The number of nitrogens with zero attached hydrogens (tertiary/aromatic N) is 1. The number of aliphatic hydroxyl groups excluding tert-OH is 2. The number of rotatable bonds is 1. The summed E-state index contributed by atoms with van der Waals surface area (Å²) in [6, 6.07) is -0.523. The number of hydrogen-bond acceptors (Lipinski definition) is 4. The second kappa shape index (κ2) is 5.32. The molecule has 0 spiro atoms. The summed E-state index contributed by atoms with van der Waals surface area (Å²) in [5.74, 6) is -0.100. The molecule has 0 aromatic heterocycles. The monoisotopic (exact) mass is 189 g/mol. The van der Waals surface area contributed by atoms with E-state index in [1.54, 1.807) is 11.9 Å². The molecule has 78 valence electrons. The van der Waals surface area contributed by atoms with E-state index in [9.17, 15) is 9.90 Å². The molecule has 0 bridgehead atoms. The van der Waals surface area contributed by atoms with E-state index in [0.29, 0.717) is 6.54 Å². The van der Waals surface area contributed by atoms with Crippen molar-refractivity contribution in [1.29, 1.82) is 0 Å². The predicted octanol–water partition coefficient (Wildman–Crippen LogP) is -0.363. The minimum Gasteiger partial charge on any atom is -0.389 e. The Bertz CT molecular complexity index is 172. The third-order valence-corrected chi connectivity index (χ3v) is 2.08. The van der Waals surface area contributed by atoms with Gasteiger partial charge < -0.3 is 10.2 Å². The van der Waals surface area contributed by atoms with Gasteiger partial charge in [0.25, 0.3) is 0 Å². The quantitative estimate of drug-likeness (QED) is 0.591. The number of β-amino-alcohol motifs (C(OH)–C–C–N with tert-alkyl or cyclic N) is 1. The first-order valence-electron chi connectivity index (χ1n) is 4.61. The van der Waals surface area contributed by atoms with E-state index in [0.717, 1.165) is 0 Å². The fourth-order valence-electron chi connectivity index (χ4n) is 1.54. The Morgan fingerprint density at radius 1 is 1.38 bits per heavy atom. The number of carbonyl (C=O) groups is 1. The van der Waals surface area contributed by atoms with Crippen molar-refractivity contribution in [3.05, 3.63) is 0 Å². The number of hydrogen-bond donors (Lipinski definition) is 2. The van der Waals surface area contributed by atoms with Gasteiger partial charge >= 0.3 is 0 Å². The van der Waals surface area contributed by atoms with E-state index in [2.05, 4.69) is 0 Å². The lowest BCUT2D eigenvalue weighted by molar-refractivity contribution is -0.123. The van der Waals surface area contributed by atoms with Gasteiger partial charge in [-0.25, -0.2) is 0 Å². The van der Waals surface area contributed by atoms with E-state index in [1.165, 1.54) is 6.92 Å². The summed E-state index contributed by atoms with van der Waals surface area (Å²) < 4.78 is 0. The van der Waals surface area contributed by atoms with Crippen molar-refractivity contribution in [3.63, 3.8) is 0 Å². The normalized spacial score (nSPS) is 33.8. The summed E-state index contributed by atoms with van der Waals surface area (Å²) in [7, 11) is 1.71. The highest BCUT2D eigenvalue weighted by molar-refractivity contribution is 5.82. The molecular formula is C9H19NO3. The van der Waals surface area contributed by atoms with Crippen LogP contribution in [0.5, 0.6) is 0 Å². The van der Waals surface area contributed by atoms with Crippen LogP contribution in [-0.4, -0.2) is 52.7 Å². The lowest BCUT2D eigenvalue weighted by atomic mass is 10.1. The Morgan fingerprint density at radius 3 is 2.00 bits per heavy atom.